The monoisotopic (exact) mass is 499 g/mol. The van der Waals surface area contributed by atoms with Crippen LogP contribution in [0.4, 0.5) is 17.3 Å². The zero-order chi connectivity index (χ0) is 26.3. The number of aryl methyl sites for hydroxylation is 1. The van der Waals surface area contributed by atoms with Crippen LogP contribution in [-0.4, -0.2) is 31.5 Å². The van der Waals surface area contributed by atoms with E-state index in [4.69, 9.17) is 11.4 Å². The number of benzene rings is 1. The van der Waals surface area contributed by atoms with Crippen LogP contribution in [0.5, 0.6) is 0 Å². The molecule has 2 atom stereocenters. The molecule has 0 spiro atoms. The van der Waals surface area contributed by atoms with Crippen LogP contribution < -0.4 is 16.0 Å². The van der Waals surface area contributed by atoms with Gasteiger partial charge in [-0.15, -0.1) is 0 Å². The molecule has 0 amide bonds. The van der Waals surface area contributed by atoms with Crippen LogP contribution in [0.1, 0.15) is 62.0 Å². The summed E-state index contributed by atoms with van der Waals surface area (Å²) >= 11 is 0. The van der Waals surface area contributed by atoms with Crippen LogP contribution in [0.15, 0.2) is 48.8 Å². The minimum Gasteiger partial charge on any atom is -0.351 e. The van der Waals surface area contributed by atoms with E-state index in [0.717, 1.165) is 60.3 Å². The maximum absolute atomic E-state index is 10.9. The van der Waals surface area contributed by atoms with Gasteiger partial charge < -0.3 is 16.0 Å². The first-order valence-corrected chi connectivity index (χ1v) is 12.6. The number of anilines is 2. The number of nitrogens with zero attached hydrogens (tertiary/aromatic N) is 4. The second-order valence-corrected chi connectivity index (χ2v) is 9.74. The predicted molar refractivity (Wildman–Crippen MR) is 145 cm³/mol. The first-order valence-electron chi connectivity index (χ1n) is 12.6. The third-order valence-electron chi connectivity index (χ3n) is 6.94. The molecule has 1 fully saturated rings. The molecule has 1 aliphatic rings. The average Bonchev–Trinajstić information content (AvgIpc) is 2.89. The number of aromatic nitrogens is 3. The molecule has 1 saturated carbocycles. The lowest BCUT2D eigenvalue weighted by Crippen LogP contribution is -2.48. The maximum atomic E-state index is 10.9. The molecule has 4 rings (SSSR count). The maximum Gasteiger partial charge on any atom is 0.287 e. The molecule has 0 bridgehead atoms. The van der Waals surface area contributed by atoms with Gasteiger partial charge in [-0.3, -0.25) is 15.1 Å². The number of nitro groups is 1. The third-order valence-corrected chi connectivity index (χ3v) is 6.94. The molecule has 0 unspecified atom stereocenters. The molecule has 1 aliphatic carbocycles. The quantitative estimate of drug-likeness (QED) is 0.157. The SMILES string of the molecule is C#CNc1ccccc1Cc1nc(N[C@@H]2CCC[C@](C)(NCc3ccc([N+](=O)[O-])cn3)C2)ncc1CC. The van der Waals surface area contributed by atoms with Gasteiger partial charge in [0.2, 0.25) is 5.95 Å². The Labute approximate surface area is 217 Å². The molecule has 192 valence electrons. The van der Waals surface area contributed by atoms with Gasteiger partial charge in [-0.2, -0.15) is 0 Å². The fraction of sp³-hybridized carbons (Fsp3) is 0.393. The van der Waals surface area contributed by atoms with Gasteiger partial charge in [-0.05, 0) is 62.3 Å². The second kappa shape index (κ2) is 11.8. The van der Waals surface area contributed by atoms with Gasteiger partial charge in [0.05, 0.1) is 16.3 Å². The molecule has 3 aromatic rings. The Morgan fingerprint density at radius 3 is 2.76 bits per heavy atom. The largest absolute Gasteiger partial charge is 0.351 e. The fourth-order valence-corrected chi connectivity index (χ4v) is 4.90. The Bertz CT molecular complexity index is 1270. The van der Waals surface area contributed by atoms with E-state index in [9.17, 15) is 10.1 Å². The van der Waals surface area contributed by atoms with Crippen LogP contribution in [0.2, 0.25) is 0 Å². The highest BCUT2D eigenvalue weighted by Gasteiger charge is 2.32. The van der Waals surface area contributed by atoms with E-state index in [1.165, 1.54) is 12.3 Å². The first-order chi connectivity index (χ1) is 17.9. The Morgan fingerprint density at radius 2 is 2.03 bits per heavy atom. The van der Waals surface area contributed by atoms with E-state index >= 15 is 0 Å². The minimum absolute atomic E-state index is 0.00107. The second-order valence-electron chi connectivity index (χ2n) is 9.74. The highest BCUT2D eigenvalue weighted by atomic mass is 16.6. The number of hydrogen-bond donors (Lipinski definition) is 3. The van der Waals surface area contributed by atoms with Crippen molar-refractivity contribution in [2.45, 2.75) is 70.5 Å². The van der Waals surface area contributed by atoms with Crippen LogP contribution in [0, 0.1) is 22.6 Å². The Morgan fingerprint density at radius 1 is 1.19 bits per heavy atom. The van der Waals surface area contributed by atoms with Crippen molar-refractivity contribution in [2.75, 3.05) is 10.6 Å². The van der Waals surface area contributed by atoms with Crippen LogP contribution in [0.25, 0.3) is 0 Å². The van der Waals surface area contributed by atoms with E-state index in [-0.39, 0.29) is 17.3 Å². The van der Waals surface area contributed by atoms with Crippen molar-refractivity contribution in [3.63, 3.8) is 0 Å². The smallest absolute Gasteiger partial charge is 0.287 e. The molecule has 0 aliphatic heterocycles. The van der Waals surface area contributed by atoms with Crippen molar-refractivity contribution in [3.05, 3.63) is 81.4 Å². The summed E-state index contributed by atoms with van der Waals surface area (Å²) in [6.45, 7) is 4.88. The van der Waals surface area contributed by atoms with Gasteiger partial charge in [-0.1, -0.05) is 31.5 Å². The van der Waals surface area contributed by atoms with Gasteiger partial charge in [0.15, 0.2) is 0 Å². The topological polar surface area (TPSA) is 118 Å². The number of pyridine rings is 1. The van der Waals surface area contributed by atoms with Gasteiger partial charge in [0, 0.05) is 48.5 Å². The lowest BCUT2D eigenvalue weighted by Gasteiger charge is -2.39. The van der Waals surface area contributed by atoms with Crippen LogP contribution in [0.3, 0.4) is 0 Å². The summed E-state index contributed by atoms with van der Waals surface area (Å²) < 4.78 is 0. The summed E-state index contributed by atoms with van der Waals surface area (Å²) in [4.78, 5) is 24.2. The Kier molecular flexibility index (Phi) is 8.31. The molecule has 9 heteroatoms. The van der Waals surface area contributed by atoms with Gasteiger partial charge in [0.25, 0.3) is 5.69 Å². The van der Waals surface area contributed by atoms with E-state index in [0.29, 0.717) is 18.9 Å². The number of rotatable bonds is 10. The van der Waals surface area contributed by atoms with Crippen molar-refractivity contribution in [1.29, 1.82) is 0 Å². The molecule has 0 saturated heterocycles. The zero-order valence-electron chi connectivity index (χ0n) is 21.3. The number of terminal acetylenes is 1. The number of para-hydroxylation sites is 1. The van der Waals surface area contributed by atoms with Crippen molar-refractivity contribution in [1.82, 2.24) is 20.3 Å². The summed E-state index contributed by atoms with van der Waals surface area (Å²) in [5.41, 5.74) is 4.81. The molecular weight excluding hydrogens is 466 g/mol. The van der Waals surface area contributed by atoms with E-state index < -0.39 is 4.92 Å². The molecule has 3 N–H and O–H groups in total. The molecule has 2 aromatic heterocycles. The summed E-state index contributed by atoms with van der Waals surface area (Å²) in [6.07, 6.45) is 14.3. The summed E-state index contributed by atoms with van der Waals surface area (Å²) in [5, 5.41) is 21.0. The van der Waals surface area contributed by atoms with Crippen LogP contribution >= 0.6 is 0 Å². The standard InChI is InChI=1S/C28H33N7O2/c1-4-20-17-31-27(34-26(20)15-21-9-6-7-11-25(21)29-5-2)33-22-10-8-14-28(3,16-22)32-18-23-12-13-24(19-30-23)35(36)37/h2,6-7,9,11-13,17,19,22,29,32H,4,8,10,14-16,18H2,1,3H3,(H,31,33,34)/t22-,28+/m1/s1. The van der Waals surface area contributed by atoms with Crippen molar-refractivity contribution in [2.24, 2.45) is 0 Å². The van der Waals surface area contributed by atoms with E-state index in [2.05, 4.69) is 51.9 Å². The van der Waals surface area contributed by atoms with E-state index in [1.807, 2.05) is 24.4 Å². The van der Waals surface area contributed by atoms with E-state index in [1.54, 1.807) is 6.07 Å². The summed E-state index contributed by atoms with van der Waals surface area (Å²) in [7, 11) is 0. The number of hydrogen-bond acceptors (Lipinski definition) is 8. The highest BCUT2D eigenvalue weighted by molar-refractivity contribution is 5.55. The summed E-state index contributed by atoms with van der Waals surface area (Å²) in [5.74, 6) is 0.640. The average molecular weight is 500 g/mol. The van der Waals surface area contributed by atoms with Crippen molar-refractivity contribution in [3.8, 4) is 12.5 Å². The van der Waals surface area contributed by atoms with Gasteiger partial charge in [0.1, 0.15) is 6.20 Å². The normalized spacial score (nSPS) is 19.1. The molecule has 2 heterocycles. The predicted octanol–water partition coefficient (Wildman–Crippen LogP) is 4.84. The lowest BCUT2D eigenvalue weighted by atomic mass is 9.80. The van der Waals surface area contributed by atoms with Crippen molar-refractivity contribution >= 4 is 17.3 Å². The fourth-order valence-electron chi connectivity index (χ4n) is 4.90. The Balaban J connectivity index is 1.42. The lowest BCUT2D eigenvalue weighted by molar-refractivity contribution is -0.385. The third kappa shape index (κ3) is 6.80. The first kappa shape index (κ1) is 26.0. The van der Waals surface area contributed by atoms with Crippen LogP contribution in [-0.2, 0) is 19.4 Å². The molecular formula is C28H33N7O2. The zero-order valence-corrected chi connectivity index (χ0v) is 21.3. The van der Waals surface area contributed by atoms with Crippen molar-refractivity contribution < 1.29 is 4.92 Å². The molecule has 9 nitrogen and oxygen atoms in total. The number of nitrogens with one attached hydrogen (secondary N) is 3. The molecule has 37 heavy (non-hydrogen) atoms. The van der Waals surface area contributed by atoms with Gasteiger partial charge in [-0.25, -0.2) is 9.97 Å². The highest BCUT2D eigenvalue weighted by Crippen LogP contribution is 2.30. The summed E-state index contributed by atoms with van der Waals surface area (Å²) in [6, 6.07) is 13.9. The molecule has 1 aromatic carbocycles. The minimum atomic E-state index is -0.434. The molecule has 0 radical (unpaired) electrons. The Hall–Kier alpha value is -4.03. The van der Waals surface area contributed by atoms with Gasteiger partial charge >= 0.3 is 0 Å².